The van der Waals surface area contributed by atoms with Crippen molar-refractivity contribution in [2.24, 2.45) is 10.9 Å². The second kappa shape index (κ2) is 8.04. The minimum Gasteiger partial charge on any atom is -0.493 e. The molecule has 28 heavy (non-hydrogen) atoms. The Labute approximate surface area is 161 Å². The third-order valence-corrected chi connectivity index (χ3v) is 3.88. The van der Waals surface area contributed by atoms with E-state index in [-0.39, 0.29) is 29.2 Å². The molecule has 144 valence electrons. The SMILES string of the molecule is COc1cc(C=C2N=C(c3ccc(F)cc3)OC2=O)ccc1OC(=O)C(C)C. The molecule has 2 aromatic rings. The average molecular weight is 383 g/mol. The minimum absolute atomic E-state index is 0.0910. The van der Waals surface area contributed by atoms with Gasteiger partial charge in [-0.25, -0.2) is 14.2 Å². The van der Waals surface area contributed by atoms with E-state index >= 15 is 0 Å². The predicted octanol–water partition coefficient (Wildman–Crippen LogP) is 3.74. The van der Waals surface area contributed by atoms with Gasteiger partial charge < -0.3 is 14.2 Å². The first-order valence-corrected chi connectivity index (χ1v) is 8.55. The number of halogens is 1. The van der Waals surface area contributed by atoms with Crippen LogP contribution in [0.25, 0.3) is 6.08 Å². The number of hydrogen-bond donors (Lipinski definition) is 0. The van der Waals surface area contributed by atoms with Crippen LogP contribution in [0.4, 0.5) is 4.39 Å². The Bertz CT molecular complexity index is 977. The molecule has 7 heteroatoms. The normalized spacial score (nSPS) is 14.8. The Hall–Kier alpha value is -3.48. The number of hydrogen-bond acceptors (Lipinski definition) is 6. The van der Waals surface area contributed by atoms with E-state index in [9.17, 15) is 14.0 Å². The van der Waals surface area contributed by atoms with E-state index in [2.05, 4.69) is 4.99 Å². The lowest BCUT2D eigenvalue weighted by atomic mass is 10.1. The van der Waals surface area contributed by atoms with Crippen LogP contribution in [-0.2, 0) is 14.3 Å². The first-order chi connectivity index (χ1) is 13.4. The van der Waals surface area contributed by atoms with Gasteiger partial charge in [-0.15, -0.1) is 0 Å². The summed E-state index contributed by atoms with van der Waals surface area (Å²) in [6.07, 6.45) is 1.52. The zero-order chi connectivity index (χ0) is 20.3. The highest BCUT2D eigenvalue weighted by Gasteiger charge is 2.24. The second-order valence-corrected chi connectivity index (χ2v) is 6.33. The molecule has 0 saturated heterocycles. The Kier molecular flexibility index (Phi) is 5.54. The molecule has 0 aliphatic carbocycles. The third-order valence-electron chi connectivity index (χ3n) is 3.88. The molecule has 0 amide bonds. The van der Waals surface area contributed by atoms with Crippen molar-refractivity contribution in [2.45, 2.75) is 13.8 Å². The average Bonchev–Trinajstić information content (AvgIpc) is 3.03. The number of rotatable bonds is 5. The summed E-state index contributed by atoms with van der Waals surface area (Å²) in [5, 5.41) is 0. The summed E-state index contributed by atoms with van der Waals surface area (Å²) in [4.78, 5) is 28.0. The summed E-state index contributed by atoms with van der Waals surface area (Å²) in [7, 11) is 1.45. The van der Waals surface area contributed by atoms with Crippen LogP contribution in [0.1, 0.15) is 25.0 Å². The summed E-state index contributed by atoms with van der Waals surface area (Å²) < 4.78 is 28.8. The van der Waals surface area contributed by atoms with Crippen molar-refractivity contribution in [3.8, 4) is 11.5 Å². The Morgan fingerprint density at radius 3 is 2.50 bits per heavy atom. The first kappa shape index (κ1) is 19.3. The summed E-state index contributed by atoms with van der Waals surface area (Å²) in [5.41, 5.74) is 1.19. The van der Waals surface area contributed by atoms with Gasteiger partial charge in [0.05, 0.1) is 13.0 Å². The van der Waals surface area contributed by atoms with E-state index < -0.39 is 11.8 Å². The lowest BCUT2D eigenvalue weighted by Gasteiger charge is -2.11. The fourth-order valence-corrected chi connectivity index (χ4v) is 2.37. The molecule has 0 radical (unpaired) electrons. The van der Waals surface area contributed by atoms with Crippen LogP contribution in [0, 0.1) is 11.7 Å². The van der Waals surface area contributed by atoms with Crippen LogP contribution < -0.4 is 9.47 Å². The van der Waals surface area contributed by atoms with E-state index in [0.717, 1.165) is 0 Å². The fraction of sp³-hybridized carbons (Fsp3) is 0.190. The molecule has 0 spiro atoms. The topological polar surface area (TPSA) is 74.2 Å². The van der Waals surface area contributed by atoms with E-state index in [1.165, 1.54) is 37.5 Å². The molecule has 0 unspecified atom stereocenters. The number of cyclic esters (lactones) is 1. The highest BCUT2D eigenvalue weighted by molar-refractivity contribution is 6.12. The quantitative estimate of drug-likeness (QED) is 0.447. The maximum absolute atomic E-state index is 13.0. The van der Waals surface area contributed by atoms with Gasteiger partial charge >= 0.3 is 11.9 Å². The van der Waals surface area contributed by atoms with Crippen LogP contribution in [0.15, 0.2) is 53.2 Å². The molecular formula is C21H18FNO5. The Morgan fingerprint density at radius 1 is 1.14 bits per heavy atom. The van der Waals surface area contributed by atoms with E-state index in [1.807, 2.05) is 0 Å². The molecule has 1 aliphatic rings. The van der Waals surface area contributed by atoms with Crippen LogP contribution in [-0.4, -0.2) is 24.9 Å². The van der Waals surface area contributed by atoms with Crippen molar-refractivity contribution in [1.82, 2.24) is 0 Å². The standard InChI is InChI=1S/C21H18FNO5/c1-12(2)20(24)27-17-9-4-13(11-18(17)26-3)10-16-21(25)28-19(23-16)14-5-7-15(22)8-6-14/h4-12H,1-3H3. The van der Waals surface area contributed by atoms with Crippen molar-refractivity contribution in [2.75, 3.05) is 7.11 Å². The lowest BCUT2D eigenvalue weighted by Crippen LogP contribution is -2.15. The zero-order valence-corrected chi connectivity index (χ0v) is 15.6. The number of benzene rings is 2. The molecule has 6 nitrogen and oxygen atoms in total. The van der Waals surface area contributed by atoms with Gasteiger partial charge in [-0.2, -0.15) is 0 Å². The van der Waals surface area contributed by atoms with Gasteiger partial charge in [0.2, 0.25) is 5.90 Å². The Morgan fingerprint density at radius 2 is 1.86 bits per heavy atom. The highest BCUT2D eigenvalue weighted by atomic mass is 19.1. The number of aliphatic imine (C=N–C) groups is 1. The van der Waals surface area contributed by atoms with Crippen molar-refractivity contribution in [3.05, 3.63) is 65.1 Å². The van der Waals surface area contributed by atoms with Crippen molar-refractivity contribution in [3.63, 3.8) is 0 Å². The van der Waals surface area contributed by atoms with Crippen molar-refractivity contribution in [1.29, 1.82) is 0 Å². The number of methoxy groups -OCH3 is 1. The molecule has 0 aromatic heterocycles. The fourth-order valence-electron chi connectivity index (χ4n) is 2.37. The zero-order valence-electron chi connectivity index (χ0n) is 15.6. The van der Waals surface area contributed by atoms with Gasteiger partial charge in [0, 0.05) is 5.56 Å². The van der Waals surface area contributed by atoms with Crippen molar-refractivity contribution < 1.29 is 28.2 Å². The molecule has 1 heterocycles. The highest BCUT2D eigenvalue weighted by Crippen LogP contribution is 2.30. The van der Waals surface area contributed by atoms with Gasteiger partial charge in [0.1, 0.15) is 5.82 Å². The molecular weight excluding hydrogens is 365 g/mol. The van der Waals surface area contributed by atoms with Crippen molar-refractivity contribution >= 4 is 23.9 Å². The van der Waals surface area contributed by atoms with Gasteiger partial charge in [0.25, 0.3) is 0 Å². The Balaban J connectivity index is 1.87. The molecule has 1 aliphatic heterocycles. The predicted molar refractivity (Wildman–Crippen MR) is 100 cm³/mol. The summed E-state index contributed by atoms with van der Waals surface area (Å²) in [6, 6.07) is 10.3. The van der Waals surface area contributed by atoms with Gasteiger partial charge in [-0.3, -0.25) is 4.79 Å². The number of carbonyl (C=O) groups is 2. The molecule has 0 fully saturated rings. The van der Waals surface area contributed by atoms with E-state index in [4.69, 9.17) is 14.2 Å². The third kappa shape index (κ3) is 4.25. The van der Waals surface area contributed by atoms with Crippen LogP contribution in [0.3, 0.4) is 0 Å². The van der Waals surface area contributed by atoms with Gasteiger partial charge in [-0.05, 0) is 48.0 Å². The maximum atomic E-state index is 13.0. The van der Waals surface area contributed by atoms with Gasteiger partial charge in [0.15, 0.2) is 17.2 Å². The molecule has 0 N–H and O–H groups in total. The number of carbonyl (C=O) groups excluding carboxylic acids is 2. The number of ether oxygens (including phenoxy) is 3. The number of esters is 2. The first-order valence-electron chi connectivity index (χ1n) is 8.55. The molecule has 3 rings (SSSR count). The number of nitrogens with zero attached hydrogens (tertiary/aromatic N) is 1. The van der Waals surface area contributed by atoms with E-state index in [0.29, 0.717) is 16.9 Å². The smallest absolute Gasteiger partial charge is 0.363 e. The summed E-state index contributed by atoms with van der Waals surface area (Å²) in [6.45, 7) is 3.46. The summed E-state index contributed by atoms with van der Waals surface area (Å²) >= 11 is 0. The van der Waals surface area contributed by atoms with E-state index in [1.54, 1.807) is 32.0 Å². The molecule has 0 atom stereocenters. The molecule has 0 saturated carbocycles. The monoisotopic (exact) mass is 383 g/mol. The lowest BCUT2D eigenvalue weighted by molar-refractivity contribution is -0.137. The van der Waals surface area contributed by atoms with Gasteiger partial charge in [-0.1, -0.05) is 19.9 Å². The summed E-state index contributed by atoms with van der Waals surface area (Å²) in [5.74, 6) is -0.935. The van der Waals surface area contributed by atoms with Crippen LogP contribution >= 0.6 is 0 Å². The van der Waals surface area contributed by atoms with Crippen LogP contribution in [0.2, 0.25) is 0 Å². The second-order valence-electron chi connectivity index (χ2n) is 6.33. The van der Waals surface area contributed by atoms with Crippen LogP contribution in [0.5, 0.6) is 11.5 Å². The molecule has 0 bridgehead atoms. The largest absolute Gasteiger partial charge is 0.493 e. The molecule has 2 aromatic carbocycles. The minimum atomic E-state index is -0.617. The maximum Gasteiger partial charge on any atom is 0.363 e.